The molecule has 0 bridgehead atoms. The second kappa shape index (κ2) is 5.96. The largest absolute Gasteiger partial charge is 0.384 e. The van der Waals surface area contributed by atoms with Gasteiger partial charge in [0.2, 0.25) is 10.0 Å². The highest BCUT2D eigenvalue weighted by molar-refractivity contribution is 7.89. The van der Waals surface area contributed by atoms with Crippen LogP contribution in [0.2, 0.25) is 0 Å². The third-order valence-corrected chi connectivity index (χ3v) is 4.43. The van der Waals surface area contributed by atoms with Crippen LogP contribution in [-0.4, -0.2) is 42.5 Å². The average molecular weight is 268 g/mol. The maximum atomic E-state index is 12.2. The van der Waals surface area contributed by atoms with Crippen LogP contribution in [0.1, 0.15) is 19.4 Å². The Hall–Kier alpha value is -1.42. The summed E-state index contributed by atoms with van der Waals surface area (Å²) in [4.78, 5) is 3.96. The first-order chi connectivity index (χ1) is 8.39. The van der Waals surface area contributed by atoms with Crippen LogP contribution in [0.5, 0.6) is 0 Å². The second-order valence-corrected chi connectivity index (χ2v) is 5.98. The fourth-order valence-corrected chi connectivity index (χ4v) is 2.57. The average Bonchev–Trinajstić information content (AvgIpc) is 2.35. The van der Waals surface area contributed by atoms with Crippen LogP contribution < -0.4 is 0 Å². The molecule has 0 fully saturated rings. The Labute approximate surface area is 108 Å². The number of nitrogens with zero attached hydrogens (tertiary/aromatic N) is 2. The van der Waals surface area contributed by atoms with E-state index in [0.29, 0.717) is 5.56 Å². The van der Waals surface area contributed by atoms with Crippen molar-refractivity contribution in [1.29, 1.82) is 0 Å². The predicted octanol–water partition coefficient (Wildman–Crippen LogP) is 0.454. The number of aliphatic hydroxyl groups is 1. The molecule has 1 N–H and O–H groups in total. The molecule has 1 heterocycles. The van der Waals surface area contributed by atoms with E-state index in [4.69, 9.17) is 5.11 Å². The SMILES string of the molecule is CC(C)N(C)S(=O)(=O)c1cncc(C#CCO)c1. The van der Waals surface area contributed by atoms with Crippen molar-refractivity contribution < 1.29 is 13.5 Å². The molecule has 0 amide bonds. The van der Waals surface area contributed by atoms with Crippen LogP contribution in [0, 0.1) is 11.8 Å². The fourth-order valence-electron chi connectivity index (χ4n) is 1.21. The van der Waals surface area contributed by atoms with E-state index >= 15 is 0 Å². The summed E-state index contributed by atoms with van der Waals surface area (Å²) in [6, 6.07) is 1.31. The van der Waals surface area contributed by atoms with Crippen LogP contribution in [0.3, 0.4) is 0 Å². The van der Waals surface area contributed by atoms with Gasteiger partial charge in [0.05, 0.1) is 0 Å². The molecule has 5 nitrogen and oxygen atoms in total. The highest BCUT2D eigenvalue weighted by Gasteiger charge is 2.23. The molecule has 1 aromatic heterocycles. The lowest BCUT2D eigenvalue weighted by atomic mass is 10.3. The van der Waals surface area contributed by atoms with Crippen molar-refractivity contribution in [2.75, 3.05) is 13.7 Å². The van der Waals surface area contributed by atoms with Crippen molar-refractivity contribution in [2.24, 2.45) is 0 Å². The zero-order chi connectivity index (χ0) is 13.8. The minimum absolute atomic E-state index is 0.100. The first-order valence-corrected chi connectivity index (χ1v) is 6.86. The highest BCUT2D eigenvalue weighted by atomic mass is 32.2. The fraction of sp³-hybridized carbons (Fsp3) is 0.417. The first kappa shape index (κ1) is 14.6. The van der Waals surface area contributed by atoms with Gasteiger partial charge in [0, 0.05) is 31.0 Å². The van der Waals surface area contributed by atoms with Gasteiger partial charge in [-0.3, -0.25) is 4.98 Å². The van der Waals surface area contributed by atoms with Crippen molar-refractivity contribution in [3.05, 3.63) is 24.0 Å². The normalized spacial score (nSPS) is 11.4. The molecule has 6 heteroatoms. The summed E-state index contributed by atoms with van der Waals surface area (Å²) in [5.74, 6) is 5.08. The number of aromatic nitrogens is 1. The summed E-state index contributed by atoms with van der Waals surface area (Å²) < 4.78 is 25.6. The Balaban J connectivity index is 3.18. The maximum absolute atomic E-state index is 12.2. The van der Waals surface area contributed by atoms with E-state index in [9.17, 15) is 8.42 Å². The quantitative estimate of drug-likeness (QED) is 0.808. The third-order valence-electron chi connectivity index (χ3n) is 2.43. The molecule has 0 saturated carbocycles. The molecule has 0 aliphatic heterocycles. The van der Waals surface area contributed by atoms with Gasteiger partial charge in [-0.15, -0.1) is 0 Å². The van der Waals surface area contributed by atoms with Gasteiger partial charge in [-0.05, 0) is 19.9 Å². The Morgan fingerprint density at radius 1 is 1.44 bits per heavy atom. The summed E-state index contributed by atoms with van der Waals surface area (Å²) in [5.41, 5.74) is 0.460. The van der Waals surface area contributed by atoms with Gasteiger partial charge in [0.15, 0.2) is 0 Å². The molecule has 0 saturated heterocycles. The number of sulfonamides is 1. The Kier molecular flexibility index (Phi) is 4.84. The van der Waals surface area contributed by atoms with Gasteiger partial charge in [-0.2, -0.15) is 4.31 Å². The standard InChI is InChI=1S/C12H16N2O3S/c1-10(2)14(3)18(16,17)12-7-11(5-4-6-15)8-13-9-12/h7-10,15H,6H2,1-3H3. The topological polar surface area (TPSA) is 70.5 Å². The van der Waals surface area contributed by atoms with E-state index < -0.39 is 10.0 Å². The zero-order valence-corrected chi connectivity index (χ0v) is 11.4. The van der Waals surface area contributed by atoms with Crippen LogP contribution in [0.25, 0.3) is 0 Å². The molecular weight excluding hydrogens is 252 g/mol. The summed E-state index contributed by atoms with van der Waals surface area (Å²) in [7, 11) is -2.03. The van der Waals surface area contributed by atoms with Gasteiger partial charge in [-0.1, -0.05) is 11.8 Å². The van der Waals surface area contributed by atoms with E-state index in [1.54, 1.807) is 13.8 Å². The predicted molar refractivity (Wildman–Crippen MR) is 68.3 cm³/mol. The Bertz CT molecular complexity index is 570. The lowest BCUT2D eigenvalue weighted by Crippen LogP contribution is -2.33. The Morgan fingerprint density at radius 3 is 2.67 bits per heavy atom. The van der Waals surface area contributed by atoms with Gasteiger partial charge in [-0.25, -0.2) is 8.42 Å². The van der Waals surface area contributed by atoms with E-state index in [0.717, 1.165) is 0 Å². The van der Waals surface area contributed by atoms with Crippen LogP contribution >= 0.6 is 0 Å². The summed E-state index contributed by atoms with van der Waals surface area (Å²) in [5, 5.41) is 8.60. The molecule has 98 valence electrons. The number of rotatable bonds is 3. The molecule has 0 unspecified atom stereocenters. The van der Waals surface area contributed by atoms with Crippen molar-refractivity contribution in [2.45, 2.75) is 24.8 Å². The highest BCUT2D eigenvalue weighted by Crippen LogP contribution is 2.16. The van der Waals surface area contributed by atoms with E-state index in [2.05, 4.69) is 16.8 Å². The molecule has 0 spiro atoms. The molecule has 0 atom stereocenters. The number of pyridine rings is 1. The molecule has 1 rings (SSSR count). The summed E-state index contributed by atoms with van der Waals surface area (Å²) in [6.07, 6.45) is 2.75. The molecule has 0 aliphatic rings. The molecule has 0 aromatic carbocycles. The molecular formula is C12H16N2O3S. The van der Waals surface area contributed by atoms with E-state index in [1.165, 1.54) is 29.8 Å². The van der Waals surface area contributed by atoms with Gasteiger partial charge >= 0.3 is 0 Å². The first-order valence-electron chi connectivity index (χ1n) is 5.42. The molecule has 0 radical (unpaired) electrons. The number of hydrogen-bond donors (Lipinski definition) is 1. The maximum Gasteiger partial charge on any atom is 0.244 e. The van der Waals surface area contributed by atoms with Crippen LogP contribution in [-0.2, 0) is 10.0 Å². The van der Waals surface area contributed by atoms with Crippen molar-refractivity contribution >= 4 is 10.0 Å². The lowest BCUT2D eigenvalue weighted by Gasteiger charge is -2.20. The summed E-state index contributed by atoms with van der Waals surface area (Å²) >= 11 is 0. The zero-order valence-electron chi connectivity index (χ0n) is 10.6. The minimum Gasteiger partial charge on any atom is -0.384 e. The van der Waals surface area contributed by atoms with Crippen LogP contribution in [0.15, 0.2) is 23.4 Å². The minimum atomic E-state index is -3.55. The smallest absolute Gasteiger partial charge is 0.244 e. The Morgan fingerprint density at radius 2 is 2.11 bits per heavy atom. The molecule has 0 aliphatic carbocycles. The number of hydrogen-bond acceptors (Lipinski definition) is 4. The molecule has 1 aromatic rings. The van der Waals surface area contributed by atoms with E-state index in [-0.39, 0.29) is 17.5 Å². The van der Waals surface area contributed by atoms with Crippen molar-refractivity contribution in [3.63, 3.8) is 0 Å². The third kappa shape index (κ3) is 3.29. The number of aliphatic hydroxyl groups excluding tert-OH is 1. The van der Waals surface area contributed by atoms with Crippen LogP contribution in [0.4, 0.5) is 0 Å². The second-order valence-electron chi connectivity index (χ2n) is 3.98. The van der Waals surface area contributed by atoms with Gasteiger partial charge < -0.3 is 5.11 Å². The molecule has 18 heavy (non-hydrogen) atoms. The van der Waals surface area contributed by atoms with E-state index in [1.807, 2.05) is 0 Å². The van der Waals surface area contributed by atoms with Crippen molar-refractivity contribution in [1.82, 2.24) is 9.29 Å². The lowest BCUT2D eigenvalue weighted by molar-refractivity contribution is 0.350. The summed E-state index contributed by atoms with van der Waals surface area (Å²) in [6.45, 7) is 3.31. The monoisotopic (exact) mass is 268 g/mol. The van der Waals surface area contributed by atoms with Crippen molar-refractivity contribution in [3.8, 4) is 11.8 Å². The van der Waals surface area contributed by atoms with Gasteiger partial charge in [0.25, 0.3) is 0 Å². The van der Waals surface area contributed by atoms with Gasteiger partial charge in [0.1, 0.15) is 11.5 Å².